The summed E-state index contributed by atoms with van der Waals surface area (Å²) < 4.78 is 35.7. The van der Waals surface area contributed by atoms with Gasteiger partial charge in [-0.05, 0) is 24.3 Å². The van der Waals surface area contributed by atoms with Crippen molar-refractivity contribution < 1.29 is 17.2 Å². The lowest BCUT2D eigenvalue weighted by atomic mass is 10.3. The Morgan fingerprint density at radius 3 is 2.43 bits per heavy atom. The average Bonchev–Trinajstić information content (AvgIpc) is 2.47. The van der Waals surface area contributed by atoms with Gasteiger partial charge in [0, 0.05) is 25.1 Å². The van der Waals surface area contributed by atoms with Crippen molar-refractivity contribution in [3.63, 3.8) is 0 Å². The van der Waals surface area contributed by atoms with Crippen molar-refractivity contribution in [2.45, 2.75) is 9.79 Å². The van der Waals surface area contributed by atoms with E-state index in [1.54, 1.807) is 26.2 Å². The van der Waals surface area contributed by atoms with Crippen LogP contribution in [0.4, 0.5) is 5.69 Å². The van der Waals surface area contributed by atoms with E-state index in [1.165, 1.54) is 22.8 Å². The van der Waals surface area contributed by atoms with Gasteiger partial charge >= 0.3 is 10.4 Å². The third kappa shape index (κ3) is 5.89. The number of benzene rings is 2. The molecule has 0 aromatic heterocycles. The predicted octanol–water partition coefficient (Wildman–Crippen LogP) is 3.58. The van der Waals surface area contributed by atoms with E-state index in [9.17, 15) is 8.42 Å². The van der Waals surface area contributed by atoms with Gasteiger partial charge in [0.25, 0.3) is 0 Å². The lowest BCUT2D eigenvalue weighted by molar-refractivity contribution is 0.383. The lowest BCUT2D eigenvalue weighted by Gasteiger charge is -2.09. The molecule has 2 aromatic rings. The highest BCUT2D eigenvalue weighted by atomic mass is 32.3. The second-order valence-corrected chi connectivity index (χ2v) is 6.73. The zero-order valence-electron chi connectivity index (χ0n) is 12.4. The van der Waals surface area contributed by atoms with Gasteiger partial charge in [-0.25, -0.2) is 0 Å². The van der Waals surface area contributed by atoms with Gasteiger partial charge in [-0.1, -0.05) is 35.2 Å². The van der Waals surface area contributed by atoms with Crippen molar-refractivity contribution in [1.29, 1.82) is 0 Å². The van der Waals surface area contributed by atoms with Crippen LogP contribution in [0, 0.1) is 0 Å². The molecule has 0 saturated carbocycles. The first-order valence-electron chi connectivity index (χ1n) is 6.46. The maximum atomic E-state index is 11.0. The summed E-state index contributed by atoms with van der Waals surface area (Å²) in [6.45, 7) is 0. The van der Waals surface area contributed by atoms with E-state index in [1.807, 2.05) is 30.3 Å². The van der Waals surface area contributed by atoms with E-state index in [0.29, 0.717) is 10.6 Å². The van der Waals surface area contributed by atoms with Gasteiger partial charge in [-0.3, -0.25) is 9.56 Å². The van der Waals surface area contributed by atoms with Gasteiger partial charge in [0.1, 0.15) is 0 Å². The van der Waals surface area contributed by atoms with E-state index < -0.39 is 10.4 Å². The molecule has 0 aliphatic rings. The molecule has 0 spiro atoms. The Bertz CT molecular complexity index is 793. The zero-order valence-corrected chi connectivity index (χ0v) is 14.1. The lowest BCUT2D eigenvalue weighted by Crippen LogP contribution is -2.07. The van der Waals surface area contributed by atoms with Crippen LogP contribution in [-0.2, 0) is 10.4 Å². The molecule has 0 fully saturated rings. The number of nitrogens with zero attached hydrogens (tertiary/aromatic N) is 3. The normalized spacial score (nSPS) is 11.6. The maximum Gasteiger partial charge on any atom is 0.446 e. The Balaban J connectivity index is 2.36. The molecule has 7 nitrogen and oxygen atoms in total. The summed E-state index contributed by atoms with van der Waals surface area (Å²) in [5.74, 6) is -0.0171. The van der Waals surface area contributed by atoms with Crippen molar-refractivity contribution in [3.05, 3.63) is 48.5 Å². The van der Waals surface area contributed by atoms with E-state index in [4.69, 9.17) is 4.55 Å². The van der Waals surface area contributed by atoms with E-state index >= 15 is 0 Å². The Hall–Kier alpha value is -2.10. The van der Waals surface area contributed by atoms with Crippen LogP contribution in [0.2, 0.25) is 0 Å². The molecule has 2 aromatic carbocycles. The number of hydrogen-bond donors (Lipinski definition) is 1. The van der Waals surface area contributed by atoms with Crippen LogP contribution in [0.15, 0.2) is 68.7 Å². The van der Waals surface area contributed by atoms with Crippen LogP contribution in [0.25, 0.3) is 0 Å². The van der Waals surface area contributed by atoms with Gasteiger partial charge in [0.15, 0.2) is 5.75 Å². The van der Waals surface area contributed by atoms with Crippen molar-refractivity contribution in [2.24, 2.45) is 10.3 Å². The Morgan fingerprint density at radius 1 is 1.13 bits per heavy atom. The van der Waals surface area contributed by atoms with Crippen LogP contribution in [-0.4, -0.2) is 32.1 Å². The first-order chi connectivity index (χ1) is 10.8. The SMILES string of the molecule is CN(C)N=Nc1ccc(Sc2ccccc2)c(OS(=O)(=O)O)c1. The number of hydrogen-bond acceptors (Lipinski definition) is 6. The van der Waals surface area contributed by atoms with Crippen molar-refractivity contribution in [1.82, 2.24) is 5.01 Å². The summed E-state index contributed by atoms with van der Waals surface area (Å²) >= 11 is 1.30. The predicted molar refractivity (Wildman–Crippen MR) is 87.4 cm³/mol. The quantitative estimate of drug-likeness (QED) is 0.485. The third-order valence-electron chi connectivity index (χ3n) is 2.43. The fraction of sp³-hybridized carbons (Fsp3) is 0.143. The monoisotopic (exact) mass is 353 g/mol. The highest BCUT2D eigenvalue weighted by Gasteiger charge is 2.14. The van der Waals surface area contributed by atoms with Crippen molar-refractivity contribution in [2.75, 3.05) is 14.1 Å². The van der Waals surface area contributed by atoms with Gasteiger partial charge in [0.2, 0.25) is 0 Å². The molecule has 1 N–H and O–H groups in total. The van der Waals surface area contributed by atoms with Gasteiger partial charge < -0.3 is 4.18 Å². The topological polar surface area (TPSA) is 91.6 Å². The average molecular weight is 353 g/mol. The van der Waals surface area contributed by atoms with E-state index in [-0.39, 0.29) is 5.75 Å². The number of rotatable bonds is 6. The van der Waals surface area contributed by atoms with Crippen molar-refractivity contribution in [3.8, 4) is 5.75 Å². The molecular formula is C14H15N3O4S2. The minimum atomic E-state index is -4.64. The molecule has 0 atom stereocenters. The molecule has 0 amide bonds. The Labute approximate surface area is 138 Å². The Morgan fingerprint density at radius 2 is 1.83 bits per heavy atom. The summed E-state index contributed by atoms with van der Waals surface area (Å²) in [7, 11) is -1.22. The fourth-order valence-corrected chi connectivity index (χ4v) is 2.88. The minimum absolute atomic E-state index is 0.0171. The van der Waals surface area contributed by atoms with Crippen LogP contribution < -0.4 is 4.18 Å². The van der Waals surface area contributed by atoms with Crippen LogP contribution in [0.3, 0.4) is 0 Å². The largest absolute Gasteiger partial charge is 0.446 e. The van der Waals surface area contributed by atoms with Crippen LogP contribution >= 0.6 is 11.8 Å². The molecule has 0 aliphatic heterocycles. The molecule has 9 heteroatoms. The molecule has 23 heavy (non-hydrogen) atoms. The van der Waals surface area contributed by atoms with E-state index in [2.05, 4.69) is 14.5 Å². The standard InChI is InChI=1S/C14H15N3O4S2/c1-17(2)16-15-11-8-9-14(13(10-11)21-23(18,19)20)22-12-6-4-3-5-7-12/h3-10H,1-2H3,(H,18,19,20). The molecule has 0 unspecified atom stereocenters. The summed E-state index contributed by atoms with van der Waals surface area (Å²) in [4.78, 5) is 1.42. The molecule has 0 heterocycles. The molecule has 0 aliphatic carbocycles. The highest BCUT2D eigenvalue weighted by Crippen LogP contribution is 2.37. The first kappa shape index (κ1) is 17.3. The summed E-state index contributed by atoms with van der Waals surface area (Å²) in [6.07, 6.45) is 0. The molecule has 0 saturated heterocycles. The second kappa shape index (κ2) is 7.44. The van der Waals surface area contributed by atoms with Crippen molar-refractivity contribution >= 4 is 27.8 Å². The summed E-state index contributed by atoms with van der Waals surface area (Å²) in [5.41, 5.74) is 0.398. The maximum absolute atomic E-state index is 11.0. The van der Waals surface area contributed by atoms with Gasteiger partial charge in [-0.2, -0.15) is 8.42 Å². The summed E-state index contributed by atoms with van der Waals surface area (Å²) in [6, 6.07) is 14.1. The Kier molecular flexibility index (Phi) is 5.59. The second-order valence-electron chi connectivity index (χ2n) is 4.59. The van der Waals surface area contributed by atoms with Crippen LogP contribution in [0.5, 0.6) is 5.75 Å². The summed E-state index contributed by atoms with van der Waals surface area (Å²) in [5, 5.41) is 9.26. The third-order valence-corrected chi connectivity index (χ3v) is 3.89. The fourth-order valence-electron chi connectivity index (χ4n) is 1.58. The smallest absolute Gasteiger partial charge is 0.361 e. The van der Waals surface area contributed by atoms with Gasteiger partial charge in [-0.15, -0.1) is 5.11 Å². The van der Waals surface area contributed by atoms with Crippen LogP contribution in [0.1, 0.15) is 0 Å². The molecular weight excluding hydrogens is 338 g/mol. The van der Waals surface area contributed by atoms with E-state index in [0.717, 1.165) is 4.90 Å². The highest BCUT2D eigenvalue weighted by molar-refractivity contribution is 7.99. The molecule has 122 valence electrons. The van der Waals surface area contributed by atoms with Gasteiger partial charge in [0.05, 0.1) is 10.6 Å². The first-order valence-corrected chi connectivity index (χ1v) is 8.64. The molecule has 0 bridgehead atoms. The minimum Gasteiger partial charge on any atom is -0.361 e. The molecule has 0 radical (unpaired) electrons. The zero-order chi connectivity index (χ0) is 16.9. The molecule has 2 rings (SSSR count).